The fourth-order valence-electron chi connectivity index (χ4n) is 4.24. The van der Waals surface area contributed by atoms with E-state index in [0.29, 0.717) is 17.8 Å². The number of halogens is 3. The van der Waals surface area contributed by atoms with Crippen molar-refractivity contribution in [1.29, 1.82) is 0 Å². The zero-order chi connectivity index (χ0) is 20.9. The molecule has 2 atom stereocenters. The predicted molar refractivity (Wildman–Crippen MR) is 97.8 cm³/mol. The van der Waals surface area contributed by atoms with Crippen LogP contribution in [0.2, 0.25) is 0 Å². The summed E-state index contributed by atoms with van der Waals surface area (Å²) in [5.41, 5.74) is -0.254. The number of aliphatic imine (C=N–C) groups is 1. The average molecular weight is 393 g/mol. The number of rotatable bonds is 2. The third kappa shape index (κ3) is 3.50. The lowest BCUT2D eigenvalue weighted by molar-refractivity contribution is -0.144. The summed E-state index contributed by atoms with van der Waals surface area (Å²) >= 11 is 0. The van der Waals surface area contributed by atoms with Crippen molar-refractivity contribution in [3.05, 3.63) is 46.7 Å². The Bertz CT molecular complexity index is 896. The van der Waals surface area contributed by atoms with E-state index in [2.05, 4.69) is 4.99 Å². The number of hydrogen-bond acceptors (Lipinski definition) is 4. The summed E-state index contributed by atoms with van der Waals surface area (Å²) in [6, 6.07) is 5.09. The van der Waals surface area contributed by atoms with Gasteiger partial charge in [-0.25, -0.2) is 0 Å². The van der Waals surface area contributed by atoms with E-state index in [0.717, 1.165) is 6.07 Å². The second-order valence-electron chi connectivity index (χ2n) is 8.12. The van der Waals surface area contributed by atoms with Crippen LogP contribution >= 0.6 is 0 Å². The van der Waals surface area contributed by atoms with Gasteiger partial charge in [-0.15, -0.1) is 0 Å². The second-order valence-corrected chi connectivity index (χ2v) is 8.12. The van der Waals surface area contributed by atoms with Crippen molar-refractivity contribution in [2.75, 3.05) is 7.11 Å². The molecule has 1 aromatic carbocycles. The van der Waals surface area contributed by atoms with Crippen LogP contribution in [0.25, 0.3) is 0 Å². The molecule has 0 radical (unpaired) electrons. The molecule has 7 heteroatoms. The summed E-state index contributed by atoms with van der Waals surface area (Å²) in [5.74, 6) is -3.11. The first kappa shape index (κ1) is 20.3. The molecule has 0 N–H and O–H groups in total. The van der Waals surface area contributed by atoms with E-state index in [9.17, 15) is 22.8 Å². The van der Waals surface area contributed by atoms with Crippen molar-refractivity contribution < 1.29 is 27.5 Å². The van der Waals surface area contributed by atoms with Gasteiger partial charge in [-0.05, 0) is 30.4 Å². The van der Waals surface area contributed by atoms with Gasteiger partial charge in [0, 0.05) is 29.3 Å². The minimum atomic E-state index is -4.61. The normalized spacial score (nSPS) is 24.5. The van der Waals surface area contributed by atoms with Crippen LogP contribution in [0.3, 0.4) is 0 Å². The Kier molecular flexibility index (Phi) is 4.98. The summed E-state index contributed by atoms with van der Waals surface area (Å²) in [6.45, 7) is 5.44. The maximum atomic E-state index is 13.7. The molecule has 1 aliphatic carbocycles. The number of esters is 1. The topological polar surface area (TPSA) is 55.7 Å². The van der Waals surface area contributed by atoms with Crippen LogP contribution in [0.5, 0.6) is 0 Å². The standard InChI is InChI=1S/C21H22F3NO3/c1-11-16(19(27)28-4)17(12-7-5-6-8-13(12)21(22,23)24)18-14(25-11)9-20(2,3)10-15(18)26/h5-8,16-17H,9-10H2,1-4H3/t16?,17-/m1/s1. The highest BCUT2D eigenvalue weighted by Crippen LogP contribution is 2.50. The molecule has 0 saturated heterocycles. The molecule has 150 valence electrons. The smallest absolute Gasteiger partial charge is 0.416 e. The maximum Gasteiger partial charge on any atom is 0.416 e. The Morgan fingerprint density at radius 1 is 1.21 bits per heavy atom. The van der Waals surface area contributed by atoms with Crippen LogP contribution < -0.4 is 0 Å². The second kappa shape index (κ2) is 6.87. The third-order valence-corrected chi connectivity index (χ3v) is 5.36. The largest absolute Gasteiger partial charge is 0.468 e. The highest BCUT2D eigenvalue weighted by Gasteiger charge is 2.48. The molecule has 1 aliphatic heterocycles. The first-order chi connectivity index (χ1) is 13.0. The Morgan fingerprint density at radius 2 is 1.86 bits per heavy atom. The average Bonchev–Trinajstić information content (AvgIpc) is 2.58. The van der Waals surface area contributed by atoms with Gasteiger partial charge >= 0.3 is 12.1 Å². The van der Waals surface area contributed by atoms with Crippen LogP contribution in [-0.4, -0.2) is 24.6 Å². The lowest BCUT2D eigenvalue weighted by atomic mass is 9.66. The number of methoxy groups -OCH3 is 1. The van der Waals surface area contributed by atoms with Gasteiger partial charge in [-0.1, -0.05) is 32.0 Å². The summed E-state index contributed by atoms with van der Waals surface area (Å²) in [7, 11) is 1.18. The van der Waals surface area contributed by atoms with Gasteiger partial charge in [0.2, 0.25) is 0 Å². The van der Waals surface area contributed by atoms with Crippen molar-refractivity contribution in [3.8, 4) is 0 Å². The number of carbonyl (C=O) groups is 2. The Hall–Kier alpha value is -2.44. The molecule has 1 heterocycles. The minimum absolute atomic E-state index is 0.0970. The number of nitrogens with zero attached hydrogens (tertiary/aromatic N) is 1. The number of hydrogen-bond donors (Lipinski definition) is 0. The maximum absolute atomic E-state index is 13.7. The lowest BCUT2D eigenvalue weighted by Crippen LogP contribution is -2.40. The Labute approximate surface area is 161 Å². The van der Waals surface area contributed by atoms with Crippen molar-refractivity contribution in [2.24, 2.45) is 16.3 Å². The van der Waals surface area contributed by atoms with Crippen LogP contribution in [-0.2, 0) is 20.5 Å². The zero-order valence-electron chi connectivity index (χ0n) is 16.2. The van der Waals surface area contributed by atoms with E-state index in [1.807, 2.05) is 13.8 Å². The van der Waals surface area contributed by atoms with Gasteiger partial charge in [-0.3, -0.25) is 14.6 Å². The molecular formula is C21H22F3NO3. The van der Waals surface area contributed by atoms with E-state index < -0.39 is 29.5 Å². The number of ether oxygens (including phenoxy) is 1. The predicted octanol–water partition coefficient (Wildman–Crippen LogP) is 4.70. The summed E-state index contributed by atoms with van der Waals surface area (Å²) < 4.78 is 46.0. The summed E-state index contributed by atoms with van der Waals surface area (Å²) in [4.78, 5) is 30.0. The summed E-state index contributed by atoms with van der Waals surface area (Å²) in [6.07, 6.45) is -3.96. The fourth-order valence-corrected chi connectivity index (χ4v) is 4.24. The van der Waals surface area contributed by atoms with Gasteiger partial charge in [0.1, 0.15) is 5.92 Å². The monoisotopic (exact) mass is 393 g/mol. The van der Waals surface area contributed by atoms with Gasteiger partial charge in [0.05, 0.1) is 12.7 Å². The molecule has 0 spiro atoms. The van der Waals surface area contributed by atoms with E-state index in [4.69, 9.17) is 4.74 Å². The van der Waals surface area contributed by atoms with Crippen LogP contribution in [0.15, 0.2) is 40.5 Å². The minimum Gasteiger partial charge on any atom is -0.468 e. The Morgan fingerprint density at radius 3 is 2.46 bits per heavy atom. The number of alkyl halides is 3. The molecule has 4 nitrogen and oxygen atoms in total. The van der Waals surface area contributed by atoms with Crippen molar-refractivity contribution >= 4 is 17.5 Å². The number of ketones is 1. The van der Waals surface area contributed by atoms with E-state index in [1.54, 1.807) is 6.92 Å². The molecular weight excluding hydrogens is 371 g/mol. The van der Waals surface area contributed by atoms with Gasteiger partial charge in [0.25, 0.3) is 0 Å². The van der Waals surface area contributed by atoms with Gasteiger partial charge in [0.15, 0.2) is 5.78 Å². The number of allylic oxidation sites excluding steroid dienone is 2. The molecule has 0 bridgehead atoms. The van der Waals surface area contributed by atoms with Crippen molar-refractivity contribution in [3.63, 3.8) is 0 Å². The molecule has 28 heavy (non-hydrogen) atoms. The number of benzene rings is 1. The molecule has 3 rings (SSSR count). The van der Waals surface area contributed by atoms with Crippen LogP contribution in [0.1, 0.15) is 50.7 Å². The van der Waals surface area contributed by atoms with E-state index >= 15 is 0 Å². The van der Waals surface area contributed by atoms with Crippen molar-refractivity contribution in [1.82, 2.24) is 0 Å². The quantitative estimate of drug-likeness (QED) is 0.685. The number of carbonyl (C=O) groups excluding carboxylic acids is 2. The fraction of sp³-hybridized carbons (Fsp3) is 0.476. The lowest BCUT2D eigenvalue weighted by Gasteiger charge is -2.39. The molecule has 0 amide bonds. The van der Waals surface area contributed by atoms with Gasteiger partial charge in [-0.2, -0.15) is 13.2 Å². The molecule has 2 aliphatic rings. The van der Waals surface area contributed by atoms with Crippen LogP contribution in [0, 0.1) is 11.3 Å². The van der Waals surface area contributed by atoms with E-state index in [-0.39, 0.29) is 28.8 Å². The summed E-state index contributed by atoms with van der Waals surface area (Å²) in [5, 5.41) is 0. The molecule has 0 aromatic heterocycles. The third-order valence-electron chi connectivity index (χ3n) is 5.36. The van der Waals surface area contributed by atoms with Crippen molar-refractivity contribution in [2.45, 2.75) is 45.7 Å². The SMILES string of the molecule is COC(=O)C1C(C)=NC2=C(C(=O)CC(C)(C)C2)[C@@H]1c1ccccc1C(F)(F)F. The first-order valence-corrected chi connectivity index (χ1v) is 9.01. The zero-order valence-corrected chi connectivity index (χ0v) is 16.2. The highest BCUT2D eigenvalue weighted by molar-refractivity contribution is 6.09. The molecule has 0 saturated carbocycles. The molecule has 1 aromatic rings. The van der Waals surface area contributed by atoms with Gasteiger partial charge < -0.3 is 4.74 Å². The Balaban J connectivity index is 2.29. The molecule has 0 fully saturated rings. The van der Waals surface area contributed by atoms with Crippen LogP contribution in [0.4, 0.5) is 13.2 Å². The molecule has 1 unspecified atom stereocenters. The highest BCUT2D eigenvalue weighted by atomic mass is 19.4. The number of Topliss-reactive ketones (excluding diaryl/α,β-unsaturated/α-hetero) is 1. The first-order valence-electron chi connectivity index (χ1n) is 9.01. The van der Waals surface area contributed by atoms with E-state index in [1.165, 1.54) is 25.3 Å².